The van der Waals surface area contributed by atoms with Crippen LogP contribution in [-0.2, 0) is 16.0 Å². The molecule has 1 amide bonds. The highest BCUT2D eigenvalue weighted by molar-refractivity contribution is 5.83. The SMILES string of the molecule is CN(CCCC(=O)O)C(=O)C1(Cc2cccc(F)c2)CCC1. The Hall–Kier alpha value is -1.91. The zero-order valence-corrected chi connectivity index (χ0v) is 12.8. The molecule has 0 atom stereocenters. The summed E-state index contributed by atoms with van der Waals surface area (Å²) in [5.41, 5.74) is 0.401. The first-order chi connectivity index (χ1) is 10.4. The third kappa shape index (κ3) is 3.84. The lowest BCUT2D eigenvalue weighted by molar-refractivity contribution is -0.146. The van der Waals surface area contributed by atoms with Crippen molar-refractivity contribution in [2.24, 2.45) is 5.41 Å². The molecule has 0 radical (unpaired) electrons. The van der Waals surface area contributed by atoms with Gasteiger partial charge >= 0.3 is 5.97 Å². The molecule has 0 aromatic heterocycles. The molecule has 120 valence electrons. The van der Waals surface area contributed by atoms with Crippen LogP contribution in [0, 0.1) is 11.2 Å². The van der Waals surface area contributed by atoms with Crippen molar-refractivity contribution >= 4 is 11.9 Å². The van der Waals surface area contributed by atoms with Gasteiger partial charge in [-0.25, -0.2) is 4.39 Å². The van der Waals surface area contributed by atoms with E-state index in [4.69, 9.17) is 5.11 Å². The molecule has 22 heavy (non-hydrogen) atoms. The molecule has 0 aliphatic heterocycles. The summed E-state index contributed by atoms with van der Waals surface area (Å²) in [6, 6.07) is 6.40. The van der Waals surface area contributed by atoms with Gasteiger partial charge in [-0.3, -0.25) is 9.59 Å². The summed E-state index contributed by atoms with van der Waals surface area (Å²) < 4.78 is 13.3. The largest absolute Gasteiger partial charge is 0.481 e. The Morgan fingerprint density at radius 1 is 1.36 bits per heavy atom. The summed E-state index contributed by atoms with van der Waals surface area (Å²) in [7, 11) is 1.72. The lowest BCUT2D eigenvalue weighted by atomic mass is 9.64. The van der Waals surface area contributed by atoms with E-state index in [0.29, 0.717) is 19.4 Å². The minimum atomic E-state index is -0.848. The van der Waals surface area contributed by atoms with Crippen molar-refractivity contribution < 1.29 is 19.1 Å². The summed E-state index contributed by atoms with van der Waals surface area (Å²) >= 11 is 0. The molecule has 1 N–H and O–H groups in total. The van der Waals surface area contributed by atoms with Gasteiger partial charge < -0.3 is 10.0 Å². The third-order valence-electron chi connectivity index (χ3n) is 4.43. The van der Waals surface area contributed by atoms with Crippen LogP contribution >= 0.6 is 0 Å². The second-order valence-electron chi connectivity index (χ2n) is 6.16. The molecule has 2 rings (SSSR count). The van der Waals surface area contributed by atoms with E-state index >= 15 is 0 Å². The molecule has 0 heterocycles. The van der Waals surface area contributed by atoms with E-state index in [1.54, 1.807) is 18.0 Å². The zero-order chi connectivity index (χ0) is 16.2. The molecule has 0 saturated heterocycles. The van der Waals surface area contributed by atoms with Gasteiger partial charge in [0.25, 0.3) is 0 Å². The highest BCUT2D eigenvalue weighted by Crippen LogP contribution is 2.45. The maximum absolute atomic E-state index is 13.3. The van der Waals surface area contributed by atoms with Crippen molar-refractivity contribution in [3.8, 4) is 0 Å². The Kier molecular flexibility index (Phi) is 5.16. The molecule has 1 aliphatic rings. The van der Waals surface area contributed by atoms with Gasteiger partial charge in [-0.1, -0.05) is 18.6 Å². The molecule has 1 aromatic rings. The van der Waals surface area contributed by atoms with Crippen LogP contribution in [0.25, 0.3) is 0 Å². The van der Waals surface area contributed by atoms with Crippen molar-refractivity contribution in [3.05, 3.63) is 35.6 Å². The molecule has 5 heteroatoms. The zero-order valence-electron chi connectivity index (χ0n) is 12.8. The number of nitrogens with zero attached hydrogens (tertiary/aromatic N) is 1. The van der Waals surface area contributed by atoms with Gasteiger partial charge in [0.15, 0.2) is 0 Å². The quantitative estimate of drug-likeness (QED) is 0.842. The second kappa shape index (κ2) is 6.90. The van der Waals surface area contributed by atoms with Crippen molar-refractivity contribution in [2.75, 3.05) is 13.6 Å². The Morgan fingerprint density at radius 3 is 2.64 bits per heavy atom. The number of benzene rings is 1. The fourth-order valence-corrected chi connectivity index (χ4v) is 3.08. The Balaban J connectivity index is 1.99. The van der Waals surface area contributed by atoms with Crippen LogP contribution in [0.1, 0.15) is 37.7 Å². The topological polar surface area (TPSA) is 57.6 Å². The van der Waals surface area contributed by atoms with E-state index in [9.17, 15) is 14.0 Å². The van der Waals surface area contributed by atoms with Crippen molar-refractivity contribution in [3.63, 3.8) is 0 Å². The van der Waals surface area contributed by atoms with Crippen LogP contribution < -0.4 is 0 Å². The summed E-state index contributed by atoms with van der Waals surface area (Å²) in [4.78, 5) is 24.9. The summed E-state index contributed by atoms with van der Waals surface area (Å²) in [6.45, 7) is 0.441. The predicted octanol–water partition coefficient (Wildman–Crippen LogP) is 2.86. The first-order valence-corrected chi connectivity index (χ1v) is 7.65. The van der Waals surface area contributed by atoms with E-state index in [2.05, 4.69) is 0 Å². The van der Waals surface area contributed by atoms with Crippen LogP contribution in [0.3, 0.4) is 0 Å². The smallest absolute Gasteiger partial charge is 0.303 e. The van der Waals surface area contributed by atoms with E-state index < -0.39 is 11.4 Å². The average molecular weight is 307 g/mol. The van der Waals surface area contributed by atoms with Crippen molar-refractivity contribution in [2.45, 2.75) is 38.5 Å². The number of carboxylic acids is 1. The Labute approximate surface area is 129 Å². The summed E-state index contributed by atoms with van der Waals surface area (Å²) in [6.07, 6.45) is 3.69. The molecule has 0 spiro atoms. The normalized spacial score (nSPS) is 15.9. The number of hydrogen-bond donors (Lipinski definition) is 1. The third-order valence-corrected chi connectivity index (χ3v) is 4.43. The van der Waals surface area contributed by atoms with Gasteiger partial charge in [-0.05, 0) is 43.4 Å². The van der Waals surface area contributed by atoms with E-state index in [1.165, 1.54) is 12.1 Å². The molecule has 1 saturated carbocycles. The van der Waals surface area contributed by atoms with Gasteiger partial charge in [-0.15, -0.1) is 0 Å². The average Bonchev–Trinajstić information content (AvgIpc) is 2.41. The molecular formula is C17H22FNO3. The van der Waals surface area contributed by atoms with Crippen molar-refractivity contribution in [1.29, 1.82) is 0 Å². The second-order valence-corrected chi connectivity index (χ2v) is 6.16. The van der Waals surface area contributed by atoms with Gasteiger partial charge in [0.05, 0.1) is 5.41 Å². The number of amides is 1. The lowest BCUT2D eigenvalue weighted by Gasteiger charge is -2.43. The molecule has 0 unspecified atom stereocenters. The number of hydrogen-bond acceptors (Lipinski definition) is 2. The van der Waals surface area contributed by atoms with E-state index in [-0.39, 0.29) is 18.1 Å². The number of rotatable bonds is 7. The van der Waals surface area contributed by atoms with Crippen LogP contribution in [0.5, 0.6) is 0 Å². The number of carboxylic acid groups (broad SMARTS) is 1. The highest BCUT2D eigenvalue weighted by atomic mass is 19.1. The van der Waals surface area contributed by atoms with E-state index in [1.807, 2.05) is 6.07 Å². The minimum Gasteiger partial charge on any atom is -0.481 e. The molecule has 4 nitrogen and oxygen atoms in total. The minimum absolute atomic E-state index is 0.0494. The summed E-state index contributed by atoms with van der Waals surface area (Å²) in [5.74, 6) is -1.08. The van der Waals surface area contributed by atoms with E-state index in [0.717, 1.165) is 24.8 Å². The van der Waals surface area contributed by atoms with Gasteiger partial charge in [0, 0.05) is 20.0 Å². The standard InChI is InChI=1S/C17H22FNO3/c1-19(10-3-7-15(20)21)16(22)17(8-4-9-17)12-13-5-2-6-14(18)11-13/h2,5-6,11H,3-4,7-10,12H2,1H3,(H,20,21). The maximum atomic E-state index is 13.3. The lowest BCUT2D eigenvalue weighted by Crippen LogP contribution is -2.48. The van der Waals surface area contributed by atoms with Crippen molar-refractivity contribution in [1.82, 2.24) is 4.90 Å². The number of carbonyl (C=O) groups is 2. The predicted molar refractivity (Wildman–Crippen MR) is 80.9 cm³/mol. The van der Waals surface area contributed by atoms with Crippen LogP contribution in [0.4, 0.5) is 4.39 Å². The molecule has 1 aromatic carbocycles. The molecule has 0 bridgehead atoms. The van der Waals surface area contributed by atoms with Gasteiger partial charge in [-0.2, -0.15) is 0 Å². The Bertz CT molecular complexity index is 555. The number of carbonyl (C=O) groups excluding carboxylic acids is 1. The first-order valence-electron chi connectivity index (χ1n) is 7.65. The Morgan fingerprint density at radius 2 is 2.09 bits per heavy atom. The maximum Gasteiger partial charge on any atom is 0.303 e. The van der Waals surface area contributed by atoms with Crippen LogP contribution in [-0.4, -0.2) is 35.5 Å². The first kappa shape index (κ1) is 16.5. The van der Waals surface area contributed by atoms with Gasteiger partial charge in [0.2, 0.25) is 5.91 Å². The molecular weight excluding hydrogens is 285 g/mol. The van der Waals surface area contributed by atoms with Gasteiger partial charge in [0.1, 0.15) is 5.82 Å². The molecule has 1 fully saturated rings. The fourth-order valence-electron chi connectivity index (χ4n) is 3.08. The number of aliphatic carboxylic acids is 1. The molecule has 1 aliphatic carbocycles. The monoisotopic (exact) mass is 307 g/mol. The highest BCUT2D eigenvalue weighted by Gasteiger charge is 2.45. The number of halogens is 1. The fraction of sp³-hybridized carbons (Fsp3) is 0.529. The van der Waals surface area contributed by atoms with Crippen LogP contribution in [0.15, 0.2) is 24.3 Å². The van der Waals surface area contributed by atoms with Crippen LogP contribution in [0.2, 0.25) is 0 Å². The summed E-state index contributed by atoms with van der Waals surface area (Å²) in [5, 5.41) is 8.66.